The third-order valence-electron chi connectivity index (χ3n) is 5.77. The summed E-state index contributed by atoms with van der Waals surface area (Å²) in [7, 11) is -3.63. The fourth-order valence-corrected chi connectivity index (χ4v) is 5.78. The summed E-state index contributed by atoms with van der Waals surface area (Å²) >= 11 is 5.87. The molecule has 10 heteroatoms. The first-order chi connectivity index (χ1) is 13.9. The van der Waals surface area contributed by atoms with Gasteiger partial charge in [0, 0.05) is 31.2 Å². The van der Waals surface area contributed by atoms with Crippen molar-refractivity contribution in [3.8, 4) is 0 Å². The Bertz CT molecular complexity index is 941. The van der Waals surface area contributed by atoms with Gasteiger partial charge in [0.1, 0.15) is 12.7 Å². The van der Waals surface area contributed by atoms with Gasteiger partial charge in [-0.3, -0.25) is 4.79 Å². The van der Waals surface area contributed by atoms with E-state index in [2.05, 4.69) is 10.1 Å². The summed E-state index contributed by atoms with van der Waals surface area (Å²) in [5.74, 6) is -0.244. The van der Waals surface area contributed by atoms with Gasteiger partial charge in [-0.05, 0) is 49.9 Å². The Hall–Kier alpha value is -1.97. The van der Waals surface area contributed by atoms with Crippen molar-refractivity contribution in [1.82, 2.24) is 24.0 Å². The Kier molecular flexibility index (Phi) is 5.89. The van der Waals surface area contributed by atoms with Crippen LogP contribution in [-0.2, 0) is 14.8 Å². The molecule has 2 saturated heterocycles. The van der Waals surface area contributed by atoms with Gasteiger partial charge >= 0.3 is 0 Å². The number of sulfonamides is 1. The minimum atomic E-state index is -3.63. The number of rotatable bonds is 4. The third-order valence-corrected chi connectivity index (χ3v) is 7.90. The lowest BCUT2D eigenvalue weighted by molar-refractivity contribution is -0.138. The zero-order valence-corrected chi connectivity index (χ0v) is 17.6. The van der Waals surface area contributed by atoms with Crippen molar-refractivity contribution in [3.05, 3.63) is 41.9 Å². The fourth-order valence-electron chi connectivity index (χ4n) is 4.13. The van der Waals surface area contributed by atoms with Crippen LogP contribution in [0.4, 0.5) is 0 Å². The molecule has 0 bridgehead atoms. The van der Waals surface area contributed by atoms with Gasteiger partial charge in [-0.25, -0.2) is 18.1 Å². The second-order valence-corrected chi connectivity index (χ2v) is 9.96. The van der Waals surface area contributed by atoms with Crippen LogP contribution in [-0.4, -0.2) is 64.5 Å². The normalized spacial score (nSPS) is 22.0. The van der Waals surface area contributed by atoms with Crippen molar-refractivity contribution in [1.29, 1.82) is 0 Å². The van der Waals surface area contributed by atoms with E-state index in [0.29, 0.717) is 37.5 Å². The number of likely N-dealkylation sites (tertiary alicyclic amines) is 1. The highest BCUT2D eigenvalue weighted by Gasteiger charge is 2.36. The molecule has 156 valence electrons. The molecule has 0 spiro atoms. The van der Waals surface area contributed by atoms with Crippen molar-refractivity contribution >= 4 is 27.5 Å². The SMILES string of the molecule is O=C(C1CCCN(S(=O)(=O)c2ccc(Cl)cc2)C1)N1CCC(n2cncn2)CC1. The number of aromatic nitrogens is 3. The molecule has 0 aliphatic carbocycles. The summed E-state index contributed by atoms with van der Waals surface area (Å²) in [6.45, 7) is 1.98. The second kappa shape index (κ2) is 8.41. The molecular formula is C19H24ClN5O3S. The van der Waals surface area contributed by atoms with Gasteiger partial charge < -0.3 is 4.90 Å². The van der Waals surface area contributed by atoms with E-state index in [4.69, 9.17) is 11.6 Å². The molecule has 29 heavy (non-hydrogen) atoms. The number of halogens is 1. The largest absolute Gasteiger partial charge is 0.342 e. The van der Waals surface area contributed by atoms with Crippen LogP contribution in [0.1, 0.15) is 31.7 Å². The lowest BCUT2D eigenvalue weighted by atomic mass is 9.96. The lowest BCUT2D eigenvalue weighted by Crippen LogP contribution is -2.48. The van der Waals surface area contributed by atoms with E-state index in [1.165, 1.54) is 22.8 Å². The molecule has 2 aromatic rings. The Morgan fingerprint density at radius 3 is 2.45 bits per heavy atom. The number of nitrogens with zero attached hydrogens (tertiary/aromatic N) is 5. The smallest absolute Gasteiger partial charge is 0.243 e. The first kappa shape index (κ1) is 20.3. The van der Waals surface area contributed by atoms with Crippen LogP contribution in [0, 0.1) is 5.92 Å². The van der Waals surface area contributed by atoms with Gasteiger partial charge in [0.05, 0.1) is 16.9 Å². The Labute approximate surface area is 175 Å². The molecule has 0 saturated carbocycles. The third kappa shape index (κ3) is 4.31. The van der Waals surface area contributed by atoms with Gasteiger partial charge in [-0.1, -0.05) is 11.6 Å². The Balaban J connectivity index is 1.39. The van der Waals surface area contributed by atoms with Crippen LogP contribution >= 0.6 is 11.6 Å². The van der Waals surface area contributed by atoms with E-state index in [1.54, 1.807) is 18.5 Å². The number of hydrogen-bond donors (Lipinski definition) is 0. The highest BCUT2D eigenvalue weighted by Crippen LogP contribution is 2.28. The number of piperidine rings is 2. The Morgan fingerprint density at radius 1 is 1.07 bits per heavy atom. The van der Waals surface area contributed by atoms with Crippen molar-refractivity contribution in [2.24, 2.45) is 5.92 Å². The second-order valence-electron chi connectivity index (χ2n) is 7.59. The van der Waals surface area contributed by atoms with E-state index < -0.39 is 10.0 Å². The molecule has 1 unspecified atom stereocenters. The van der Waals surface area contributed by atoms with E-state index in [0.717, 1.165) is 12.8 Å². The van der Waals surface area contributed by atoms with Crippen LogP contribution < -0.4 is 0 Å². The molecule has 4 rings (SSSR count). The molecule has 1 aromatic carbocycles. The summed E-state index contributed by atoms with van der Waals surface area (Å²) in [6, 6.07) is 6.42. The van der Waals surface area contributed by atoms with Crippen molar-refractivity contribution < 1.29 is 13.2 Å². The van der Waals surface area contributed by atoms with Crippen LogP contribution in [0.2, 0.25) is 5.02 Å². The molecule has 0 N–H and O–H groups in total. The summed E-state index contributed by atoms with van der Waals surface area (Å²) < 4.78 is 29.2. The molecule has 1 atom stereocenters. The lowest BCUT2D eigenvalue weighted by Gasteiger charge is -2.37. The summed E-state index contributed by atoms with van der Waals surface area (Å²) in [5, 5.41) is 4.68. The zero-order valence-electron chi connectivity index (χ0n) is 16.0. The van der Waals surface area contributed by atoms with Crippen molar-refractivity contribution in [2.45, 2.75) is 36.6 Å². The van der Waals surface area contributed by atoms with Crippen LogP contribution in [0.15, 0.2) is 41.8 Å². The molecule has 2 aliphatic heterocycles. The van der Waals surface area contributed by atoms with Crippen molar-refractivity contribution in [2.75, 3.05) is 26.2 Å². The van der Waals surface area contributed by atoms with Gasteiger partial charge in [-0.2, -0.15) is 9.40 Å². The van der Waals surface area contributed by atoms with E-state index in [1.807, 2.05) is 9.58 Å². The van der Waals surface area contributed by atoms with E-state index in [-0.39, 0.29) is 29.3 Å². The molecule has 8 nitrogen and oxygen atoms in total. The number of carbonyl (C=O) groups excluding carboxylic acids is 1. The van der Waals surface area contributed by atoms with Crippen molar-refractivity contribution in [3.63, 3.8) is 0 Å². The predicted octanol–water partition coefficient (Wildman–Crippen LogP) is 2.20. The first-order valence-corrected chi connectivity index (χ1v) is 11.7. The van der Waals surface area contributed by atoms with Gasteiger partial charge in [-0.15, -0.1) is 0 Å². The number of benzene rings is 1. The topological polar surface area (TPSA) is 88.4 Å². The monoisotopic (exact) mass is 437 g/mol. The molecular weight excluding hydrogens is 414 g/mol. The van der Waals surface area contributed by atoms with Gasteiger partial charge in [0.2, 0.25) is 15.9 Å². The fraction of sp³-hybridized carbons (Fsp3) is 0.526. The average molecular weight is 438 g/mol. The first-order valence-electron chi connectivity index (χ1n) is 9.84. The molecule has 0 radical (unpaired) electrons. The summed E-state index contributed by atoms with van der Waals surface area (Å²) in [4.78, 5) is 19.1. The summed E-state index contributed by atoms with van der Waals surface area (Å²) in [6.07, 6.45) is 6.29. The van der Waals surface area contributed by atoms with E-state index in [9.17, 15) is 13.2 Å². The molecule has 3 heterocycles. The maximum atomic E-state index is 13.1. The number of hydrogen-bond acceptors (Lipinski definition) is 5. The number of amides is 1. The Morgan fingerprint density at radius 2 is 1.79 bits per heavy atom. The van der Waals surface area contributed by atoms with Crippen LogP contribution in [0.5, 0.6) is 0 Å². The summed E-state index contributed by atoms with van der Waals surface area (Å²) in [5.41, 5.74) is 0. The zero-order chi connectivity index (χ0) is 20.4. The van der Waals surface area contributed by atoms with Crippen LogP contribution in [0.3, 0.4) is 0 Å². The standard InChI is InChI=1S/C19H24ClN5O3S/c20-16-3-5-18(6-4-16)29(27,28)24-9-1-2-15(12-24)19(26)23-10-7-17(8-11-23)25-14-21-13-22-25/h3-6,13-15,17H,1-2,7-12H2. The predicted molar refractivity (Wildman–Crippen MR) is 108 cm³/mol. The number of carbonyl (C=O) groups is 1. The minimum absolute atomic E-state index is 0.0537. The average Bonchev–Trinajstić information content (AvgIpc) is 3.29. The molecule has 1 amide bonds. The molecule has 2 aliphatic rings. The highest BCUT2D eigenvalue weighted by molar-refractivity contribution is 7.89. The van der Waals surface area contributed by atoms with Gasteiger partial charge in [0.15, 0.2) is 0 Å². The molecule has 1 aromatic heterocycles. The molecule has 2 fully saturated rings. The van der Waals surface area contributed by atoms with Crippen LogP contribution in [0.25, 0.3) is 0 Å². The van der Waals surface area contributed by atoms with E-state index >= 15 is 0 Å². The quantitative estimate of drug-likeness (QED) is 0.731. The van der Waals surface area contributed by atoms with Gasteiger partial charge in [0.25, 0.3) is 0 Å². The maximum Gasteiger partial charge on any atom is 0.243 e. The highest BCUT2D eigenvalue weighted by atomic mass is 35.5. The minimum Gasteiger partial charge on any atom is -0.342 e. The maximum absolute atomic E-state index is 13.1.